The molecule has 0 aliphatic carbocycles. The van der Waals surface area contributed by atoms with Gasteiger partial charge in [0.2, 0.25) is 0 Å². The van der Waals surface area contributed by atoms with Gasteiger partial charge in [-0.1, -0.05) is 44.9 Å². The zero-order chi connectivity index (χ0) is 25.9. The molecule has 0 saturated heterocycles. The van der Waals surface area contributed by atoms with Crippen molar-refractivity contribution in [1.82, 2.24) is 4.57 Å². The van der Waals surface area contributed by atoms with Gasteiger partial charge in [-0.05, 0) is 49.3 Å². The van der Waals surface area contributed by atoms with Crippen LogP contribution < -0.4 is 14.4 Å². The Hall–Kier alpha value is -3.09. The average molecular weight is 494 g/mol. The van der Waals surface area contributed by atoms with Crippen molar-refractivity contribution in [3.8, 4) is 11.5 Å². The van der Waals surface area contributed by atoms with Gasteiger partial charge in [-0.2, -0.15) is 0 Å². The minimum atomic E-state index is -0.435. The number of benzene rings is 2. The Morgan fingerprint density at radius 2 is 1.72 bits per heavy atom. The van der Waals surface area contributed by atoms with Gasteiger partial charge in [0.05, 0.1) is 33.9 Å². The lowest BCUT2D eigenvalue weighted by Crippen LogP contribution is -3.13. The van der Waals surface area contributed by atoms with E-state index in [-0.39, 0.29) is 5.78 Å². The molecule has 1 atom stereocenters. The highest BCUT2D eigenvalue weighted by atomic mass is 16.5. The first-order valence-electron chi connectivity index (χ1n) is 13.0. The van der Waals surface area contributed by atoms with Crippen molar-refractivity contribution >= 4 is 22.8 Å². The number of rotatable bonds is 15. The van der Waals surface area contributed by atoms with Crippen LogP contribution in [0, 0.1) is 0 Å². The smallest absolute Gasteiger partial charge is 0.185 e. The molecule has 194 valence electrons. The topological polar surface area (TPSA) is 65.1 Å². The van der Waals surface area contributed by atoms with Crippen LogP contribution in [0.2, 0.25) is 0 Å². The molecule has 2 aromatic carbocycles. The SMILES string of the molecule is CCCC[NH+](CCCC)C[C@@H](O)Cn1cc(/C=C/C(=O)c2ccc(OC)c(OC)c2)c2ccccc21. The lowest BCUT2D eigenvalue weighted by molar-refractivity contribution is -0.903. The van der Waals surface area contributed by atoms with E-state index in [1.807, 2.05) is 24.4 Å². The molecule has 0 radical (unpaired) electrons. The first-order valence-corrected chi connectivity index (χ1v) is 13.0. The molecule has 1 heterocycles. The molecule has 0 bridgehead atoms. The normalized spacial score (nSPS) is 12.5. The van der Waals surface area contributed by atoms with Crippen LogP contribution >= 0.6 is 0 Å². The Labute approximate surface area is 215 Å². The van der Waals surface area contributed by atoms with Crippen LogP contribution in [0.1, 0.15) is 55.5 Å². The van der Waals surface area contributed by atoms with E-state index in [1.165, 1.54) is 30.6 Å². The quantitative estimate of drug-likeness (QED) is 0.243. The number of fused-ring (bicyclic) bond motifs is 1. The van der Waals surface area contributed by atoms with Gasteiger partial charge in [0.25, 0.3) is 0 Å². The lowest BCUT2D eigenvalue weighted by atomic mass is 10.1. The van der Waals surface area contributed by atoms with Gasteiger partial charge in [0, 0.05) is 28.2 Å². The average Bonchev–Trinajstić information content (AvgIpc) is 3.25. The molecule has 6 heteroatoms. The molecule has 0 aliphatic heterocycles. The molecule has 36 heavy (non-hydrogen) atoms. The number of ketones is 1. The van der Waals surface area contributed by atoms with E-state index in [0.29, 0.717) is 23.6 Å². The second-order valence-corrected chi connectivity index (χ2v) is 9.34. The number of aliphatic hydroxyl groups excluding tert-OH is 1. The van der Waals surface area contributed by atoms with E-state index in [9.17, 15) is 9.90 Å². The summed E-state index contributed by atoms with van der Waals surface area (Å²) in [6, 6.07) is 13.3. The van der Waals surface area contributed by atoms with E-state index in [2.05, 4.69) is 30.5 Å². The minimum Gasteiger partial charge on any atom is -0.493 e. The van der Waals surface area contributed by atoms with Gasteiger partial charge in [-0.3, -0.25) is 4.79 Å². The summed E-state index contributed by atoms with van der Waals surface area (Å²) in [6.45, 7) is 7.91. The summed E-state index contributed by atoms with van der Waals surface area (Å²) in [5, 5.41) is 12.0. The van der Waals surface area contributed by atoms with Crippen molar-refractivity contribution in [2.45, 2.75) is 52.2 Å². The third-order valence-corrected chi connectivity index (χ3v) is 6.60. The number of hydrogen-bond donors (Lipinski definition) is 2. The molecule has 6 nitrogen and oxygen atoms in total. The molecule has 0 spiro atoms. The molecule has 0 amide bonds. The third-order valence-electron chi connectivity index (χ3n) is 6.60. The van der Waals surface area contributed by atoms with E-state index >= 15 is 0 Å². The summed E-state index contributed by atoms with van der Waals surface area (Å²) in [4.78, 5) is 14.3. The summed E-state index contributed by atoms with van der Waals surface area (Å²) in [6.07, 6.45) is 9.74. The van der Waals surface area contributed by atoms with Crippen LogP contribution in [0.4, 0.5) is 0 Å². The Balaban J connectivity index is 1.77. The van der Waals surface area contributed by atoms with Crippen molar-refractivity contribution in [1.29, 1.82) is 0 Å². The Bertz CT molecular complexity index is 1140. The Morgan fingerprint density at radius 3 is 2.39 bits per heavy atom. The second kappa shape index (κ2) is 13.9. The second-order valence-electron chi connectivity index (χ2n) is 9.34. The fraction of sp³-hybridized carbons (Fsp3) is 0.433. The standard InChI is InChI=1S/C30H40N2O4/c1-5-7-17-31(18-8-6-2)21-25(33)22-32-20-24(26-11-9-10-12-27(26)32)13-15-28(34)23-14-16-29(35-3)30(19-23)36-4/h9-16,19-20,25,33H,5-8,17-18,21-22H2,1-4H3/p+1/b15-13+/t25-/m1/s1. The number of aliphatic hydroxyl groups is 1. The first-order chi connectivity index (χ1) is 17.5. The maximum absolute atomic E-state index is 12.9. The summed E-state index contributed by atoms with van der Waals surface area (Å²) < 4.78 is 12.7. The number of quaternary nitrogens is 1. The van der Waals surface area contributed by atoms with Gasteiger partial charge >= 0.3 is 0 Å². The third kappa shape index (κ3) is 7.21. The summed E-state index contributed by atoms with van der Waals surface area (Å²) >= 11 is 0. The number of allylic oxidation sites excluding steroid dienone is 1. The number of nitrogens with one attached hydrogen (secondary N) is 1. The zero-order valence-corrected chi connectivity index (χ0v) is 22.1. The number of carbonyl (C=O) groups is 1. The number of methoxy groups -OCH3 is 2. The molecule has 0 unspecified atom stereocenters. The van der Waals surface area contributed by atoms with Crippen LogP contribution in [0.3, 0.4) is 0 Å². The lowest BCUT2D eigenvalue weighted by Gasteiger charge is -2.22. The van der Waals surface area contributed by atoms with E-state index in [1.54, 1.807) is 38.5 Å². The first kappa shape index (κ1) is 27.5. The molecule has 1 aromatic heterocycles. The van der Waals surface area contributed by atoms with E-state index in [4.69, 9.17) is 9.47 Å². The number of carbonyl (C=O) groups excluding carboxylic acids is 1. The van der Waals surface area contributed by atoms with Crippen molar-refractivity contribution in [2.75, 3.05) is 33.9 Å². The largest absolute Gasteiger partial charge is 0.493 e. The van der Waals surface area contributed by atoms with Crippen molar-refractivity contribution in [3.05, 3.63) is 65.9 Å². The number of para-hydroxylation sites is 1. The van der Waals surface area contributed by atoms with Gasteiger partial charge < -0.3 is 24.0 Å². The molecule has 0 aliphatic rings. The summed E-state index contributed by atoms with van der Waals surface area (Å²) in [7, 11) is 3.13. The van der Waals surface area contributed by atoms with Gasteiger partial charge in [-0.25, -0.2) is 0 Å². The highest BCUT2D eigenvalue weighted by molar-refractivity contribution is 6.08. The number of aromatic nitrogens is 1. The van der Waals surface area contributed by atoms with Crippen molar-refractivity contribution < 1.29 is 24.3 Å². The van der Waals surface area contributed by atoms with Gasteiger partial charge in [0.1, 0.15) is 12.6 Å². The van der Waals surface area contributed by atoms with Crippen LogP contribution in [-0.2, 0) is 6.54 Å². The predicted molar refractivity (Wildman–Crippen MR) is 146 cm³/mol. The minimum absolute atomic E-state index is 0.112. The van der Waals surface area contributed by atoms with Crippen molar-refractivity contribution in [3.63, 3.8) is 0 Å². The molecule has 3 rings (SSSR count). The van der Waals surface area contributed by atoms with Crippen LogP contribution in [0.25, 0.3) is 17.0 Å². The molecule has 0 fully saturated rings. The number of nitrogens with zero attached hydrogens (tertiary/aromatic N) is 1. The predicted octanol–water partition coefficient (Wildman–Crippen LogP) is 4.40. The highest BCUT2D eigenvalue weighted by Gasteiger charge is 2.17. The van der Waals surface area contributed by atoms with Gasteiger partial charge in [-0.15, -0.1) is 0 Å². The van der Waals surface area contributed by atoms with E-state index in [0.717, 1.165) is 36.1 Å². The number of unbranched alkanes of at least 4 members (excludes halogenated alkanes) is 2. The zero-order valence-electron chi connectivity index (χ0n) is 22.1. The molecule has 0 saturated carbocycles. The molecular formula is C30H41N2O4+. The van der Waals surface area contributed by atoms with Crippen LogP contribution in [0.15, 0.2) is 54.7 Å². The fourth-order valence-electron chi connectivity index (χ4n) is 4.62. The number of ether oxygens (including phenoxy) is 2. The van der Waals surface area contributed by atoms with Gasteiger partial charge in [0.15, 0.2) is 17.3 Å². The van der Waals surface area contributed by atoms with Crippen LogP contribution in [-0.4, -0.2) is 55.4 Å². The highest BCUT2D eigenvalue weighted by Crippen LogP contribution is 2.28. The maximum atomic E-state index is 12.9. The molecule has 3 aromatic rings. The van der Waals surface area contributed by atoms with Crippen LogP contribution in [0.5, 0.6) is 11.5 Å². The van der Waals surface area contributed by atoms with Crippen molar-refractivity contribution in [2.24, 2.45) is 0 Å². The fourth-order valence-corrected chi connectivity index (χ4v) is 4.62. The summed E-state index contributed by atoms with van der Waals surface area (Å²) in [5.41, 5.74) is 2.54. The maximum Gasteiger partial charge on any atom is 0.185 e. The molecular weight excluding hydrogens is 452 g/mol. The number of hydrogen-bond acceptors (Lipinski definition) is 4. The van der Waals surface area contributed by atoms with E-state index < -0.39 is 6.10 Å². The summed E-state index contributed by atoms with van der Waals surface area (Å²) in [5.74, 6) is 1.000. The Morgan fingerprint density at radius 1 is 1.03 bits per heavy atom. The Kier molecular flexibility index (Phi) is 10.6. The molecule has 2 N–H and O–H groups in total. The monoisotopic (exact) mass is 493 g/mol.